The molecule has 3 nitrogen and oxygen atoms in total. The molecule has 0 aliphatic rings. The maximum Gasteiger partial charge on any atom is 0.320 e. The van der Waals surface area contributed by atoms with Crippen molar-refractivity contribution in [1.29, 1.82) is 0 Å². The average molecular weight is 267 g/mol. The van der Waals surface area contributed by atoms with Crippen molar-refractivity contribution in [3.8, 4) is 0 Å². The van der Waals surface area contributed by atoms with Crippen molar-refractivity contribution in [3.63, 3.8) is 0 Å². The molecule has 0 saturated heterocycles. The maximum absolute atomic E-state index is 10.8. The summed E-state index contributed by atoms with van der Waals surface area (Å²) in [5.41, 5.74) is 3.88. The Kier molecular flexibility index (Phi) is 6.22. The fourth-order valence-electron chi connectivity index (χ4n) is 1.93. The van der Waals surface area contributed by atoms with Gasteiger partial charge >= 0.3 is 5.97 Å². The third kappa shape index (κ3) is 5.10. The first-order chi connectivity index (χ1) is 8.52. The minimum absolute atomic E-state index is 0.434. The summed E-state index contributed by atoms with van der Waals surface area (Å²) < 4.78 is 0. The van der Waals surface area contributed by atoms with Crippen LogP contribution in [0.25, 0.3) is 0 Å². The van der Waals surface area contributed by atoms with Crippen LogP contribution in [0.2, 0.25) is 0 Å². The quantitative estimate of drug-likeness (QED) is 0.746. The number of carbonyl (C=O) groups is 1. The van der Waals surface area contributed by atoms with E-state index in [1.165, 1.54) is 16.7 Å². The Hall–Kier alpha value is -1.00. The van der Waals surface area contributed by atoms with Gasteiger partial charge in [-0.3, -0.25) is 4.79 Å². The molecule has 100 valence electrons. The first kappa shape index (κ1) is 15.1. The molecule has 1 atom stereocenters. The first-order valence-electron chi connectivity index (χ1n) is 6.08. The van der Waals surface area contributed by atoms with Crippen molar-refractivity contribution in [3.05, 3.63) is 34.9 Å². The molecule has 1 rings (SSSR count). The summed E-state index contributed by atoms with van der Waals surface area (Å²) in [6.45, 7) is 4.20. The zero-order valence-electron chi connectivity index (χ0n) is 11.2. The van der Waals surface area contributed by atoms with Crippen molar-refractivity contribution >= 4 is 17.7 Å². The lowest BCUT2D eigenvalue weighted by Crippen LogP contribution is -2.34. The minimum Gasteiger partial charge on any atom is -0.480 e. The SMILES string of the molecule is CNC(CCSCc1cc(C)cc(C)c1)C(=O)O. The van der Waals surface area contributed by atoms with Gasteiger partial charge in [0.2, 0.25) is 0 Å². The molecular formula is C14H21NO2S. The number of nitrogens with one attached hydrogen (secondary N) is 1. The molecule has 4 heteroatoms. The van der Waals surface area contributed by atoms with E-state index in [1.807, 2.05) is 0 Å². The van der Waals surface area contributed by atoms with Crippen LogP contribution in [0.15, 0.2) is 18.2 Å². The molecule has 1 unspecified atom stereocenters. The summed E-state index contributed by atoms with van der Waals surface area (Å²) >= 11 is 1.78. The number of thioether (sulfide) groups is 1. The Balaban J connectivity index is 2.35. The van der Waals surface area contributed by atoms with Crippen molar-refractivity contribution < 1.29 is 9.90 Å². The van der Waals surface area contributed by atoms with Crippen LogP contribution in [0.5, 0.6) is 0 Å². The Morgan fingerprint density at radius 1 is 1.33 bits per heavy atom. The smallest absolute Gasteiger partial charge is 0.320 e. The van der Waals surface area contributed by atoms with Gasteiger partial charge in [0, 0.05) is 5.75 Å². The van der Waals surface area contributed by atoms with Crippen LogP contribution in [0.1, 0.15) is 23.1 Å². The number of likely N-dealkylation sites (N-methyl/N-ethyl adjacent to an activating group) is 1. The van der Waals surface area contributed by atoms with Gasteiger partial charge in [-0.05, 0) is 38.6 Å². The number of aryl methyl sites for hydroxylation is 2. The van der Waals surface area contributed by atoms with Crippen LogP contribution in [0.3, 0.4) is 0 Å². The number of hydrogen-bond donors (Lipinski definition) is 2. The predicted octanol–water partition coefficient (Wildman–Crippen LogP) is 2.60. The summed E-state index contributed by atoms with van der Waals surface area (Å²) in [4.78, 5) is 10.8. The largest absolute Gasteiger partial charge is 0.480 e. The van der Waals surface area contributed by atoms with Gasteiger partial charge in [-0.25, -0.2) is 0 Å². The molecule has 1 aromatic rings. The van der Waals surface area contributed by atoms with Crippen LogP contribution in [0, 0.1) is 13.8 Å². The number of carboxylic acid groups (broad SMARTS) is 1. The zero-order valence-corrected chi connectivity index (χ0v) is 12.0. The molecule has 0 bridgehead atoms. The van der Waals surface area contributed by atoms with E-state index in [0.717, 1.165) is 11.5 Å². The summed E-state index contributed by atoms with van der Waals surface area (Å²) in [6, 6.07) is 6.10. The van der Waals surface area contributed by atoms with E-state index in [2.05, 4.69) is 37.4 Å². The van der Waals surface area contributed by atoms with Crippen molar-refractivity contribution in [2.75, 3.05) is 12.8 Å². The van der Waals surface area contributed by atoms with E-state index in [4.69, 9.17) is 5.11 Å². The van der Waals surface area contributed by atoms with Gasteiger partial charge in [0.15, 0.2) is 0 Å². The Labute approximate surface area is 113 Å². The highest BCUT2D eigenvalue weighted by Crippen LogP contribution is 2.17. The fraction of sp³-hybridized carbons (Fsp3) is 0.500. The summed E-state index contributed by atoms with van der Waals surface area (Å²) in [5.74, 6) is 1.02. The van der Waals surface area contributed by atoms with E-state index < -0.39 is 12.0 Å². The standard InChI is InChI=1S/C14H21NO2S/c1-10-6-11(2)8-12(7-10)9-18-5-4-13(15-3)14(16)17/h6-8,13,15H,4-5,9H2,1-3H3,(H,16,17). The van der Waals surface area contributed by atoms with Crippen molar-refractivity contribution in [2.45, 2.75) is 32.1 Å². The third-order valence-corrected chi connectivity index (χ3v) is 3.81. The Morgan fingerprint density at radius 3 is 2.44 bits per heavy atom. The number of hydrogen-bond acceptors (Lipinski definition) is 3. The van der Waals surface area contributed by atoms with E-state index in [0.29, 0.717) is 6.42 Å². The molecule has 0 aromatic heterocycles. The number of rotatable bonds is 7. The van der Waals surface area contributed by atoms with Crippen LogP contribution in [-0.4, -0.2) is 29.9 Å². The molecule has 0 saturated carbocycles. The summed E-state index contributed by atoms with van der Waals surface area (Å²) in [7, 11) is 1.69. The molecular weight excluding hydrogens is 246 g/mol. The molecule has 0 aliphatic carbocycles. The van der Waals surface area contributed by atoms with Gasteiger partial charge < -0.3 is 10.4 Å². The van der Waals surface area contributed by atoms with Gasteiger partial charge in [-0.1, -0.05) is 29.3 Å². The van der Waals surface area contributed by atoms with Crippen LogP contribution in [0.4, 0.5) is 0 Å². The van der Waals surface area contributed by atoms with E-state index >= 15 is 0 Å². The Morgan fingerprint density at radius 2 is 1.94 bits per heavy atom. The van der Waals surface area contributed by atoms with Crippen molar-refractivity contribution in [1.82, 2.24) is 5.32 Å². The monoisotopic (exact) mass is 267 g/mol. The lowest BCUT2D eigenvalue weighted by Gasteiger charge is -2.10. The average Bonchev–Trinajstić information content (AvgIpc) is 2.27. The molecule has 18 heavy (non-hydrogen) atoms. The first-order valence-corrected chi connectivity index (χ1v) is 7.23. The predicted molar refractivity (Wildman–Crippen MR) is 77.2 cm³/mol. The second-order valence-electron chi connectivity index (χ2n) is 4.52. The number of carboxylic acids is 1. The van der Waals surface area contributed by atoms with Crippen molar-refractivity contribution in [2.24, 2.45) is 0 Å². The molecule has 0 heterocycles. The summed E-state index contributed by atoms with van der Waals surface area (Å²) in [6.07, 6.45) is 0.654. The highest BCUT2D eigenvalue weighted by atomic mass is 32.2. The van der Waals surface area contributed by atoms with Crippen LogP contribution in [-0.2, 0) is 10.5 Å². The maximum atomic E-state index is 10.8. The third-order valence-electron chi connectivity index (χ3n) is 2.75. The molecule has 0 spiro atoms. The molecule has 0 amide bonds. The highest BCUT2D eigenvalue weighted by Gasteiger charge is 2.13. The molecule has 2 N–H and O–H groups in total. The van der Waals surface area contributed by atoms with Gasteiger partial charge in [0.05, 0.1) is 0 Å². The van der Waals surface area contributed by atoms with Gasteiger partial charge in [0.25, 0.3) is 0 Å². The molecule has 0 aliphatic heterocycles. The van der Waals surface area contributed by atoms with Gasteiger partial charge in [0.1, 0.15) is 6.04 Å². The van der Waals surface area contributed by atoms with E-state index in [1.54, 1.807) is 18.8 Å². The number of benzene rings is 1. The summed E-state index contributed by atoms with van der Waals surface area (Å²) in [5, 5.41) is 11.7. The highest BCUT2D eigenvalue weighted by molar-refractivity contribution is 7.98. The molecule has 1 aromatic carbocycles. The Bertz CT molecular complexity index is 387. The topological polar surface area (TPSA) is 49.3 Å². The van der Waals surface area contributed by atoms with E-state index in [9.17, 15) is 4.79 Å². The zero-order chi connectivity index (χ0) is 13.5. The number of aliphatic carboxylic acids is 1. The second-order valence-corrected chi connectivity index (χ2v) is 5.62. The van der Waals surface area contributed by atoms with Crippen LogP contribution >= 0.6 is 11.8 Å². The fourth-order valence-corrected chi connectivity index (χ4v) is 2.88. The van der Waals surface area contributed by atoms with Gasteiger partial charge in [-0.2, -0.15) is 11.8 Å². The second kappa shape index (κ2) is 7.44. The normalized spacial score (nSPS) is 12.4. The van der Waals surface area contributed by atoms with E-state index in [-0.39, 0.29) is 0 Å². The van der Waals surface area contributed by atoms with Gasteiger partial charge in [-0.15, -0.1) is 0 Å². The minimum atomic E-state index is -0.774. The van der Waals surface area contributed by atoms with Crippen LogP contribution < -0.4 is 5.32 Å². The lowest BCUT2D eigenvalue weighted by atomic mass is 10.1. The molecule has 0 radical (unpaired) electrons. The lowest BCUT2D eigenvalue weighted by molar-refractivity contribution is -0.139. The molecule has 0 fully saturated rings.